The summed E-state index contributed by atoms with van der Waals surface area (Å²) in [5.74, 6) is 0.447. The third-order valence-electron chi connectivity index (χ3n) is 3.48. The van der Waals surface area contributed by atoms with Gasteiger partial charge in [-0.25, -0.2) is 4.79 Å². The maximum absolute atomic E-state index is 11.8. The molecule has 1 aromatic rings. The highest BCUT2D eigenvalue weighted by Crippen LogP contribution is 2.21. The van der Waals surface area contributed by atoms with Gasteiger partial charge in [-0.3, -0.25) is 0 Å². The monoisotopic (exact) mass is 302 g/mol. The van der Waals surface area contributed by atoms with Gasteiger partial charge in [0.05, 0.1) is 18.4 Å². The van der Waals surface area contributed by atoms with Crippen LogP contribution in [0.4, 0.5) is 5.69 Å². The minimum Gasteiger partial charge on any atom is -0.465 e. The van der Waals surface area contributed by atoms with Gasteiger partial charge in [0.2, 0.25) is 0 Å². The number of benzene rings is 1. The highest BCUT2D eigenvalue weighted by Gasteiger charge is 2.18. The van der Waals surface area contributed by atoms with E-state index in [2.05, 4.69) is 24.1 Å². The van der Waals surface area contributed by atoms with Crippen molar-refractivity contribution in [2.45, 2.75) is 20.1 Å². The molecule has 0 saturated heterocycles. The van der Waals surface area contributed by atoms with Crippen molar-refractivity contribution in [3.05, 3.63) is 53.9 Å². The van der Waals surface area contributed by atoms with E-state index in [1.54, 1.807) is 12.1 Å². The average Bonchev–Trinajstić information content (AvgIpc) is 2.56. The van der Waals surface area contributed by atoms with Gasteiger partial charge in [0.1, 0.15) is 0 Å². The molecule has 0 aromatic heterocycles. The van der Waals surface area contributed by atoms with Crippen molar-refractivity contribution in [2.24, 2.45) is 0 Å². The van der Waals surface area contributed by atoms with E-state index in [1.165, 1.54) is 7.11 Å². The molecule has 22 heavy (non-hydrogen) atoms. The first-order chi connectivity index (χ1) is 10.7. The first-order valence-electron chi connectivity index (χ1n) is 7.43. The van der Waals surface area contributed by atoms with Crippen LogP contribution in [-0.4, -0.2) is 37.3 Å². The third kappa shape index (κ3) is 3.61. The lowest BCUT2D eigenvalue weighted by molar-refractivity contribution is 0.0601. The maximum Gasteiger partial charge on any atom is 0.339 e. The van der Waals surface area contributed by atoms with Gasteiger partial charge in [-0.05, 0) is 38.1 Å². The highest BCUT2D eigenvalue weighted by molar-refractivity contribution is 5.95. The molecule has 0 saturated carbocycles. The van der Waals surface area contributed by atoms with E-state index in [9.17, 15) is 4.79 Å². The summed E-state index contributed by atoms with van der Waals surface area (Å²) in [6, 6.07) is 7.22. The second kappa shape index (κ2) is 7.54. The highest BCUT2D eigenvalue weighted by atomic mass is 16.5. The van der Waals surface area contributed by atoms with E-state index >= 15 is 0 Å². The summed E-state index contributed by atoms with van der Waals surface area (Å²) in [5, 5.41) is 3.22. The molecule has 1 aliphatic rings. The van der Waals surface area contributed by atoms with Gasteiger partial charge in [-0.2, -0.15) is 0 Å². The molecule has 118 valence electrons. The standard InChI is InChI=1S/C17H22N2O3/c1-4-19(5-2)16-12-8-11-15(22-16)18-14-10-7-6-9-13(14)17(20)21-3/h6-12,15,18H,4-5H2,1-3H3. The van der Waals surface area contributed by atoms with Crippen LogP contribution < -0.4 is 5.32 Å². The Hall–Kier alpha value is -2.43. The second-order valence-electron chi connectivity index (χ2n) is 4.78. The molecule has 0 amide bonds. The Morgan fingerprint density at radius 2 is 2.05 bits per heavy atom. The first kappa shape index (κ1) is 15.9. The number of ether oxygens (including phenoxy) is 2. The largest absolute Gasteiger partial charge is 0.465 e. The summed E-state index contributed by atoms with van der Waals surface area (Å²) in [7, 11) is 1.37. The molecule has 1 atom stereocenters. The van der Waals surface area contributed by atoms with Crippen LogP contribution in [0.25, 0.3) is 0 Å². The minimum atomic E-state index is -0.373. The second-order valence-corrected chi connectivity index (χ2v) is 4.78. The van der Waals surface area contributed by atoms with Crippen molar-refractivity contribution < 1.29 is 14.3 Å². The number of esters is 1. The third-order valence-corrected chi connectivity index (χ3v) is 3.48. The van der Waals surface area contributed by atoms with Crippen molar-refractivity contribution in [1.82, 2.24) is 4.90 Å². The number of nitrogens with zero attached hydrogens (tertiary/aromatic N) is 1. The Morgan fingerprint density at radius 3 is 2.73 bits per heavy atom. The van der Waals surface area contributed by atoms with Crippen LogP contribution in [0.5, 0.6) is 0 Å². The fraction of sp³-hybridized carbons (Fsp3) is 0.353. The van der Waals surface area contributed by atoms with E-state index in [0.717, 1.165) is 19.0 Å². The lowest BCUT2D eigenvalue weighted by Crippen LogP contribution is -2.31. The molecule has 1 unspecified atom stereocenters. The molecule has 1 heterocycles. The van der Waals surface area contributed by atoms with Crippen LogP contribution in [0.2, 0.25) is 0 Å². The van der Waals surface area contributed by atoms with Gasteiger partial charge in [0.15, 0.2) is 12.1 Å². The lowest BCUT2D eigenvalue weighted by Gasteiger charge is -2.30. The van der Waals surface area contributed by atoms with Crippen molar-refractivity contribution >= 4 is 11.7 Å². The first-order valence-corrected chi connectivity index (χ1v) is 7.43. The number of hydrogen-bond acceptors (Lipinski definition) is 5. The smallest absolute Gasteiger partial charge is 0.339 e. The topological polar surface area (TPSA) is 50.8 Å². The van der Waals surface area contributed by atoms with E-state index in [0.29, 0.717) is 11.3 Å². The van der Waals surface area contributed by atoms with Crippen molar-refractivity contribution in [1.29, 1.82) is 0 Å². The molecular formula is C17H22N2O3. The summed E-state index contributed by atoms with van der Waals surface area (Å²) in [6.45, 7) is 5.92. The summed E-state index contributed by atoms with van der Waals surface area (Å²) >= 11 is 0. The van der Waals surface area contributed by atoms with Gasteiger partial charge >= 0.3 is 5.97 Å². The molecule has 0 fully saturated rings. The molecule has 1 aliphatic heterocycles. The fourth-order valence-electron chi connectivity index (χ4n) is 2.29. The minimum absolute atomic E-state index is 0.327. The van der Waals surface area contributed by atoms with Gasteiger partial charge in [-0.15, -0.1) is 0 Å². The number of hydrogen-bond donors (Lipinski definition) is 1. The SMILES string of the molecule is CCN(CC)C1=CC=CC(Nc2ccccc2C(=O)OC)O1. The quantitative estimate of drug-likeness (QED) is 0.819. The van der Waals surface area contributed by atoms with Crippen LogP contribution in [0.15, 0.2) is 48.4 Å². The molecule has 0 aliphatic carbocycles. The number of nitrogens with one attached hydrogen (secondary N) is 1. The number of rotatable bonds is 6. The number of para-hydroxylation sites is 1. The van der Waals surface area contributed by atoms with Gasteiger partial charge in [-0.1, -0.05) is 18.2 Å². The van der Waals surface area contributed by atoms with Crippen LogP contribution in [0.3, 0.4) is 0 Å². The van der Waals surface area contributed by atoms with E-state index in [4.69, 9.17) is 9.47 Å². The van der Waals surface area contributed by atoms with Crippen molar-refractivity contribution in [3.63, 3.8) is 0 Å². The molecule has 0 radical (unpaired) electrons. The Bertz CT molecular complexity index is 577. The van der Waals surface area contributed by atoms with Gasteiger partial charge < -0.3 is 19.7 Å². The number of anilines is 1. The predicted octanol–water partition coefficient (Wildman–Crippen LogP) is 2.98. The summed E-state index contributed by atoms with van der Waals surface area (Å²) in [4.78, 5) is 13.9. The Kier molecular flexibility index (Phi) is 5.47. The Labute approximate surface area is 131 Å². The molecule has 5 heteroatoms. The zero-order valence-corrected chi connectivity index (χ0v) is 13.2. The lowest BCUT2D eigenvalue weighted by atomic mass is 10.1. The number of carbonyl (C=O) groups excluding carboxylic acids is 1. The Morgan fingerprint density at radius 1 is 1.32 bits per heavy atom. The van der Waals surface area contributed by atoms with Crippen molar-refractivity contribution in [2.75, 3.05) is 25.5 Å². The zero-order chi connectivity index (χ0) is 15.9. The van der Waals surface area contributed by atoms with E-state index < -0.39 is 0 Å². The number of methoxy groups -OCH3 is 1. The van der Waals surface area contributed by atoms with Crippen LogP contribution >= 0.6 is 0 Å². The molecular weight excluding hydrogens is 280 g/mol. The summed E-state index contributed by atoms with van der Waals surface area (Å²) < 4.78 is 10.7. The zero-order valence-electron chi connectivity index (χ0n) is 13.2. The van der Waals surface area contributed by atoms with Crippen molar-refractivity contribution in [3.8, 4) is 0 Å². The number of allylic oxidation sites excluding steroid dienone is 2. The molecule has 1 aromatic carbocycles. The summed E-state index contributed by atoms with van der Waals surface area (Å²) in [5.41, 5.74) is 1.17. The van der Waals surface area contributed by atoms with E-state index in [1.807, 2.05) is 30.4 Å². The van der Waals surface area contributed by atoms with Crippen LogP contribution in [-0.2, 0) is 9.47 Å². The average molecular weight is 302 g/mol. The van der Waals surface area contributed by atoms with Crippen LogP contribution in [0, 0.1) is 0 Å². The predicted molar refractivity (Wildman–Crippen MR) is 86.4 cm³/mol. The number of carbonyl (C=O) groups is 1. The van der Waals surface area contributed by atoms with Gasteiger partial charge in [0, 0.05) is 13.1 Å². The normalized spacial score (nSPS) is 16.5. The van der Waals surface area contributed by atoms with E-state index in [-0.39, 0.29) is 12.2 Å². The summed E-state index contributed by atoms with van der Waals surface area (Å²) in [6.07, 6.45) is 5.47. The molecule has 0 bridgehead atoms. The van der Waals surface area contributed by atoms with Crippen LogP contribution in [0.1, 0.15) is 24.2 Å². The van der Waals surface area contributed by atoms with Gasteiger partial charge in [0.25, 0.3) is 0 Å². The molecule has 5 nitrogen and oxygen atoms in total. The maximum atomic E-state index is 11.8. The molecule has 0 spiro atoms. The molecule has 2 rings (SSSR count). The Balaban J connectivity index is 2.11. The molecule has 1 N–H and O–H groups in total. The fourth-order valence-corrected chi connectivity index (χ4v) is 2.29.